The lowest BCUT2D eigenvalue weighted by atomic mass is 10.0. The summed E-state index contributed by atoms with van der Waals surface area (Å²) in [6, 6.07) is 7.66. The highest BCUT2D eigenvalue weighted by molar-refractivity contribution is 8.04. The van der Waals surface area contributed by atoms with Gasteiger partial charge >= 0.3 is 11.9 Å². The number of benzene rings is 1. The maximum Gasteiger partial charge on any atom is 0.356 e. The molecule has 134 valence electrons. The normalized spacial score (nSPS) is 16.2. The Morgan fingerprint density at radius 1 is 1.28 bits per heavy atom. The van der Waals surface area contributed by atoms with Crippen molar-refractivity contribution in [1.29, 1.82) is 0 Å². The van der Waals surface area contributed by atoms with E-state index < -0.39 is 11.9 Å². The minimum Gasteiger partial charge on any atom is -0.493 e. The third-order valence-corrected chi connectivity index (χ3v) is 4.92. The summed E-state index contributed by atoms with van der Waals surface area (Å²) in [4.78, 5) is 36.3. The number of methoxy groups -OCH3 is 2. The van der Waals surface area contributed by atoms with Gasteiger partial charge in [0.25, 0.3) is 0 Å². The van der Waals surface area contributed by atoms with Crippen LogP contribution in [0.15, 0.2) is 34.9 Å². The smallest absolute Gasteiger partial charge is 0.356 e. The Morgan fingerprint density at radius 2 is 1.96 bits per heavy atom. The van der Waals surface area contributed by atoms with E-state index in [9.17, 15) is 14.4 Å². The number of rotatable bonds is 7. The summed E-state index contributed by atoms with van der Waals surface area (Å²) < 4.78 is 15.1. The van der Waals surface area contributed by atoms with Crippen LogP contribution in [0.3, 0.4) is 0 Å². The molecular formula is C17H19NO6S. The molecule has 1 amide bonds. The van der Waals surface area contributed by atoms with E-state index in [1.54, 1.807) is 0 Å². The van der Waals surface area contributed by atoms with Gasteiger partial charge in [-0.3, -0.25) is 4.79 Å². The zero-order chi connectivity index (χ0) is 18.4. The number of ether oxygens (including phenoxy) is 3. The van der Waals surface area contributed by atoms with Gasteiger partial charge in [0.05, 0.1) is 20.8 Å². The molecule has 0 aromatic heterocycles. The average molecular weight is 365 g/mol. The molecule has 25 heavy (non-hydrogen) atoms. The zero-order valence-corrected chi connectivity index (χ0v) is 15.0. The molecule has 1 unspecified atom stereocenters. The summed E-state index contributed by atoms with van der Waals surface area (Å²) in [5, 5.41) is 0. The van der Waals surface area contributed by atoms with Gasteiger partial charge in [0.1, 0.15) is 10.7 Å². The van der Waals surface area contributed by atoms with Gasteiger partial charge in [-0.25, -0.2) is 9.59 Å². The van der Waals surface area contributed by atoms with Crippen LogP contribution in [0, 0.1) is 0 Å². The lowest BCUT2D eigenvalue weighted by molar-refractivity contribution is -0.141. The number of carbonyl (C=O) groups excluding carboxylic acids is 3. The topological polar surface area (TPSA) is 82.1 Å². The highest BCUT2D eigenvalue weighted by Crippen LogP contribution is 2.37. The van der Waals surface area contributed by atoms with Crippen LogP contribution in [0.2, 0.25) is 0 Å². The maximum atomic E-state index is 12.2. The molecule has 1 aromatic carbocycles. The largest absolute Gasteiger partial charge is 0.493 e. The number of likely N-dealkylation sites (N-methyl/N-ethyl adjacent to an activating group) is 1. The van der Waals surface area contributed by atoms with E-state index in [1.807, 2.05) is 24.3 Å². The molecule has 1 aromatic rings. The number of carbonyl (C=O) groups is 3. The van der Waals surface area contributed by atoms with Crippen molar-refractivity contribution in [2.75, 3.05) is 33.6 Å². The highest BCUT2D eigenvalue weighted by Gasteiger charge is 2.29. The fraction of sp³-hybridized carbons (Fsp3) is 0.353. The van der Waals surface area contributed by atoms with Crippen molar-refractivity contribution in [3.8, 4) is 5.75 Å². The number of hydrogen-bond donors (Lipinski definition) is 0. The van der Waals surface area contributed by atoms with Gasteiger partial charge in [-0.1, -0.05) is 18.2 Å². The Morgan fingerprint density at radius 3 is 2.60 bits per heavy atom. The summed E-state index contributed by atoms with van der Waals surface area (Å²) in [5.74, 6) is -0.137. The van der Waals surface area contributed by atoms with Crippen LogP contribution in [0.1, 0.15) is 11.5 Å². The number of nitrogens with zero attached hydrogens (tertiary/aromatic N) is 1. The Kier molecular flexibility index (Phi) is 6.46. The number of amides is 1. The van der Waals surface area contributed by atoms with Gasteiger partial charge in [-0.05, 0) is 6.07 Å². The van der Waals surface area contributed by atoms with Gasteiger partial charge in [0, 0.05) is 24.3 Å². The summed E-state index contributed by atoms with van der Waals surface area (Å²) in [6.45, 7) is 0.484. The minimum absolute atomic E-state index is 0.0216. The molecule has 7 nitrogen and oxygen atoms in total. The molecule has 1 atom stereocenters. The molecule has 0 fully saturated rings. The van der Waals surface area contributed by atoms with Crippen LogP contribution in [-0.4, -0.2) is 56.9 Å². The first-order valence-electron chi connectivity index (χ1n) is 7.47. The average Bonchev–Trinajstić information content (AvgIpc) is 3.06. The van der Waals surface area contributed by atoms with Gasteiger partial charge < -0.3 is 19.1 Å². The molecular weight excluding hydrogens is 346 g/mol. The van der Waals surface area contributed by atoms with Crippen LogP contribution in [0.5, 0.6) is 5.75 Å². The lowest BCUT2D eigenvalue weighted by Gasteiger charge is -2.18. The van der Waals surface area contributed by atoms with Crippen LogP contribution >= 0.6 is 11.8 Å². The molecule has 0 N–H and O–H groups in total. The Hall–Kier alpha value is -2.48. The number of esters is 2. The van der Waals surface area contributed by atoms with Crippen LogP contribution in [-0.2, 0) is 23.9 Å². The Labute approximate surface area is 149 Å². The van der Waals surface area contributed by atoms with Gasteiger partial charge in [-0.15, -0.1) is 11.8 Å². The number of hydrogen-bond acceptors (Lipinski definition) is 7. The SMILES string of the molecule is COC(=O)/C(SCC1COc2ccccc21)=C(\C(=O)OC)N(C)C=O. The molecule has 1 aliphatic heterocycles. The minimum atomic E-state index is -0.787. The standard InChI is InChI=1S/C17H19NO6S/c1-18(10-19)14(16(20)22-2)15(17(21)23-3)25-9-11-8-24-13-7-5-4-6-12(11)13/h4-7,10-11H,8-9H2,1-3H3/b15-14-. The van der Waals surface area contributed by atoms with Crippen molar-refractivity contribution in [3.63, 3.8) is 0 Å². The molecule has 2 rings (SSSR count). The van der Waals surface area contributed by atoms with Crippen molar-refractivity contribution in [1.82, 2.24) is 4.90 Å². The van der Waals surface area contributed by atoms with E-state index in [2.05, 4.69) is 0 Å². The summed E-state index contributed by atoms with van der Waals surface area (Å²) in [7, 11) is 3.77. The molecule has 0 saturated carbocycles. The fourth-order valence-electron chi connectivity index (χ4n) is 2.41. The predicted octanol–water partition coefficient (Wildman–Crippen LogP) is 1.54. The number of fused-ring (bicyclic) bond motifs is 1. The van der Waals surface area contributed by atoms with E-state index in [1.165, 1.54) is 21.3 Å². The van der Waals surface area contributed by atoms with E-state index in [-0.39, 0.29) is 16.5 Å². The van der Waals surface area contributed by atoms with E-state index in [4.69, 9.17) is 14.2 Å². The Bertz CT molecular complexity index is 702. The zero-order valence-electron chi connectivity index (χ0n) is 14.2. The van der Waals surface area contributed by atoms with Crippen LogP contribution < -0.4 is 4.74 Å². The second kappa shape index (κ2) is 8.57. The van der Waals surface area contributed by atoms with Crippen LogP contribution in [0.25, 0.3) is 0 Å². The highest BCUT2D eigenvalue weighted by atomic mass is 32.2. The quantitative estimate of drug-likeness (QED) is 0.412. The van der Waals surface area contributed by atoms with Gasteiger partial charge in [0.2, 0.25) is 6.41 Å². The lowest BCUT2D eigenvalue weighted by Crippen LogP contribution is -2.27. The van der Waals surface area contributed by atoms with Crippen molar-refractivity contribution in [3.05, 3.63) is 40.4 Å². The third-order valence-electron chi connectivity index (χ3n) is 3.70. The monoisotopic (exact) mass is 365 g/mol. The fourth-order valence-corrected chi connectivity index (χ4v) is 3.62. The van der Waals surface area contributed by atoms with Gasteiger partial charge in [0.15, 0.2) is 5.70 Å². The molecule has 0 spiro atoms. The number of thioether (sulfide) groups is 1. The first kappa shape index (κ1) is 18.9. The van der Waals surface area contributed by atoms with Crippen molar-refractivity contribution < 1.29 is 28.6 Å². The number of para-hydroxylation sites is 1. The van der Waals surface area contributed by atoms with E-state index in [0.717, 1.165) is 28.0 Å². The van der Waals surface area contributed by atoms with E-state index in [0.29, 0.717) is 18.8 Å². The molecule has 0 bridgehead atoms. The molecule has 0 aliphatic carbocycles. The van der Waals surface area contributed by atoms with E-state index >= 15 is 0 Å². The summed E-state index contributed by atoms with van der Waals surface area (Å²) in [6.07, 6.45) is 0.434. The first-order valence-corrected chi connectivity index (χ1v) is 8.45. The molecule has 1 aliphatic rings. The second-order valence-corrected chi connectivity index (χ2v) is 6.26. The maximum absolute atomic E-state index is 12.2. The van der Waals surface area contributed by atoms with Crippen molar-refractivity contribution >= 4 is 30.1 Å². The van der Waals surface area contributed by atoms with Crippen molar-refractivity contribution in [2.24, 2.45) is 0 Å². The third kappa shape index (κ3) is 4.14. The second-order valence-electron chi connectivity index (χ2n) is 5.23. The summed E-state index contributed by atoms with van der Waals surface area (Å²) >= 11 is 1.13. The molecule has 8 heteroatoms. The molecule has 0 saturated heterocycles. The predicted molar refractivity (Wildman–Crippen MR) is 92.0 cm³/mol. The molecule has 1 heterocycles. The Balaban J connectivity index is 2.29. The molecule has 0 radical (unpaired) electrons. The van der Waals surface area contributed by atoms with Gasteiger partial charge in [-0.2, -0.15) is 0 Å². The van der Waals surface area contributed by atoms with Crippen molar-refractivity contribution in [2.45, 2.75) is 5.92 Å². The van der Waals surface area contributed by atoms with Crippen LogP contribution in [0.4, 0.5) is 0 Å². The summed E-state index contributed by atoms with van der Waals surface area (Å²) in [5.41, 5.74) is 0.893. The first-order chi connectivity index (χ1) is 12.0.